The molecule has 0 bridgehead atoms. The van der Waals surface area contributed by atoms with E-state index in [1.807, 2.05) is 41.4 Å². The number of amides is 1. The van der Waals surface area contributed by atoms with Crippen LogP contribution in [0.3, 0.4) is 0 Å². The first kappa shape index (κ1) is 17.9. The number of nitrogens with zero attached hydrogens (tertiary/aromatic N) is 3. The Morgan fingerprint density at radius 3 is 2.85 bits per heavy atom. The van der Waals surface area contributed by atoms with Crippen LogP contribution in [0.2, 0.25) is 5.02 Å². The number of fused-ring (bicyclic) bond motifs is 1. The fourth-order valence-electron chi connectivity index (χ4n) is 3.64. The number of pyridine rings is 2. The zero-order valence-corrected chi connectivity index (χ0v) is 16.1. The van der Waals surface area contributed by atoms with Crippen LogP contribution in [0.1, 0.15) is 25.5 Å². The van der Waals surface area contributed by atoms with Gasteiger partial charge in [0.1, 0.15) is 0 Å². The van der Waals surface area contributed by atoms with Crippen LogP contribution in [-0.4, -0.2) is 39.9 Å². The number of hydrogen-bond acceptors (Lipinski definition) is 4. The van der Waals surface area contributed by atoms with Crippen molar-refractivity contribution in [3.05, 3.63) is 59.4 Å². The number of carbonyl (C=O) groups is 1. The van der Waals surface area contributed by atoms with Crippen molar-refractivity contribution in [3.63, 3.8) is 0 Å². The van der Waals surface area contributed by atoms with Crippen LogP contribution in [0, 0.1) is 0 Å². The van der Waals surface area contributed by atoms with Crippen molar-refractivity contribution in [3.8, 4) is 11.1 Å². The average Bonchev–Trinajstić information content (AvgIpc) is 2.67. The van der Waals surface area contributed by atoms with Gasteiger partial charge in [-0.15, -0.1) is 0 Å². The highest BCUT2D eigenvalue weighted by molar-refractivity contribution is 6.31. The summed E-state index contributed by atoms with van der Waals surface area (Å²) >= 11 is 6.43. The second-order valence-corrected chi connectivity index (χ2v) is 7.47. The minimum absolute atomic E-state index is 0.0392. The van der Waals surface area contributed by atoms with E-state index in [0.717, 1.165) is 27.7 Å². The van der Waals surface area contributed by atoms with Gasteiger partial charge in [-0.3, -0.25) is 14.8 Å². The molecule has 2 aromatic heterocycles. The second kappa shape index (κ2) is 7.25. The number of halogens is 1. The van der Waals surface area contributed by atoms with Crippen molar-refractivity contribution < 1.29 is 4.79 Å². The number of benzene rings is 1. The zero-order chi connectivity index (χ0) is 19.0. The average molecular weight is 381 g/mol. The van der Waals surface area contributed by atoms with Crippen LogP contribution in [0.25, 0.3) is 22.2 Å². The predicted molar refractivity (Wildman–Crippen MR) is 108 cm³/mol. The molecule has 0 spiro atoms. The third-order valence-corrected chi connectivity index (χ3v) is 5.22. The van der Waals surface area contributed by atoms with Crippen molar-refractivity contribution in [1.82, 2.24) is 20.2 Å². The molecule has 0 aliphatic carbocycles. The SMILES string of the molecule is CC(=O)N1C[C@@H](C)NC[C@@H]1c1cc(Cl)cc(-c2cnc3cccnc3c2)c1. The quantitative estimate of drug-likeness (QED) is 0.734. The largest absolute Gasteiger partial charge is 0.333 e. The first-order valence-corrected chi connectivity index (χ1v) is 9.41. The van der Waals surface area contributed by atoms with Gasteiger partial charge in [0.05, 0.1) is 17.1 Å². The molecule has 27 heavy (non-hydrogen) atoms. The number of rotatable bonds is 2. The zero-order valence-electron chi connectivity index (χ0n) is 15.3. The van der Waals surface area contributed by atoms with Gasteiger partial charge in [0.2, 0.25) is 5.91 Å². The van der Waals surface area contributed by atoms with Crippen LogP contribution < -0.4 is 5.32 Å². The van der Waals surface area contributed by atoms with Crippen LogP contribution in [0.4, 0.5) is 0 Å². The van der Waals surface area contributed by atoms with Crippen molar-refractivity contribution in [1.29, 1.82) is 0 Å². The summed E-state index contributed by atoms with van der Waals surface area (Å²) in [6, 6.07) is 12.0. The molecule has 3 aromatic rings. The van der Waals surface area contributed by atoms with Gasteiger partial charge in [-0.2, -0.15) is 0 Å². The lowest BCUT2D eigenvalue weighted by molar-refractivity contribution is -0.132. The van der Waals surface area contributed by atoms with Crippen LogP contribution in [0.5, 0.6) is 0 Å². The molecular formula is C21H21ClN4O. The van der Waals surface area contributed by atoms with Gasteiger partial charge in [0, 0.05) is 49.0 Å². The van der Waals surface area contributed by atoms with E-state index in [1.165, 1.54) is 0 Å². The highest BCUT2D eigenvalue weighted by atomic mass is 35.5. The Balaban J connectivity index is 1.75. The maximum absolute atomic E-state index is 12.2. The van der Waals surface area contributed by atoms with Crippen LogP contribution in [-0.2, 0) is 4.79 Å². The molecule has 3 heterocycles. The first-order chi connectivity index (χ1) is 13.0. The normalized spacial score (nSPS) is 20.0. The van der Waals surface area contributed by atoms with Gasteiger partial charge >= 0.3 is 0 Å². The summed E-state index contributed by atoms with van der Waals surface area (Å²) in [5, 5.41) is 4.10. The maximum atomic E-state index is 12.2. The topological polar surface area (TPSA) is 58.1 Å². The molecule has 1 aliphatic rings. The number of piperazine rings is 1. The summed E-state index contributed by atoms with van der Waals surface area (Å²) in [7, 11) is 0. The molecule has 5 nitrogen and oxygen atoms in total. The molecule has 0 saturated carbocycles. The van der Waals surface area contributed by atoms with Crippen molar-refractivity contribution in [2.45, 2.75) is 25.9 Å². The van der Waals surface area contributed by atoms with Gasteiger partial charge in [-0.25, -0.2) is 0 Å². The van der Waals surface area contributed by atoms with Gasteiger partial charge in [-0.1, -0.05) is 11.6 Å². The van der Waals surface area contributed by atoms with Gasteiger partial charge < -0.3 is 10.2 Å². The Morgan fingerprint density at radius 1 is 1.19 bits per heavy atom. The van der Waals surface area contributed by atoms with Gasteiger partial charge in [-0.05, 0) is 54.4 Å². The van der Waals surface area contributed by atoms with E-state index in [4.69, 9.17) is 11.6 Å². The molecule has 1 N–H and O–H groups in total. The van der Waals surface area contributed by atoms with Crippen molar-refractivity contribution in [2.24, 2.45) is 0 Å². The smallest absolute Gasteiger partial charge is 0.220 e. The molecule has 1 amide bonds. The van der Waals surface area contributed by atoms with E-state index in [-0.39, 0.29) is 18.0 Å². The molecule has 1 aromatic carbocycles. The van der Waals surface area contributed by atoms with Crippen molar-refractivity contribution >= 4 is 28.5 Å². The van der Waals surface area contributed by atoms with E-state index in [0.29, 0.717) is 18.1 Å². The van der Waals surface area contributed by atoms with E-state index >= 15 is 0 Å². The van der Waals surface area contributed by atoms with Crippen LogP contribution >= 0.6 is 11.6 Å². The van der Waals surface area contributed by atoms with E-state index < -0.39 is 0 Å². The third kappa shape index (κ3) is 3.66. The first-order valence-electron chi connectivity index (χ1n) is 9.03. The standard InChI is InChI=1S/C21H21ClN4O/c1-13-12-26(14(2)27)21(11-24-13)16-6-15(7-18(22)8-16)17-9-20-19(25-10-17)4-3-5-23-20/h3-10,13,21,24H,11-12H2,1-2H3/t13-,21-/m1/s1. The molecule has 1 fully saturated rings. The summed E-state index contributed by atoms with van der Waals surface area (Å²) in [6.07, 6.45) is 3.60. The molecule has 4 rings (SSSR count). The number of nitrogens with one attached hydrogen (secondary N) is 1. The molecule has 0 unspecified atom stereocenters. The van der Waals surface area contributed by atoms with Crippen molar-refractivity contribution in [2.75, 3.05) is 13.1 Å². The lowest BCUT2D eigenvalue weighted by Gasteiger charge is -2.39. The van der Waals surface area contributed by atoms with Gasteiger partial charge in [0.25, 0.3) is 0 Å². The molecule has 2 atom stereocenters. The Bertz CT molecular complexity index is 1010. The lowest BCUT2D eigenvalue weighted by atomic mass is 9.97. The summed E-state index contributed by atoms with van der Waals surface area (Å²) in [6.45, 7) is 5.10. The number of hydrogen-bond donors (Lipinski definition) is 1. The fourth-order valence-corrected chi connectivity index (χ4v) is 3.88. The Hall–Kier alpha value is -2.50. The second-order valence-electron chi connectivity index (χ2n) is 7.04. The monoisotopic (exact) mass is 380 g/mol. The molecule has 0 radical (unpaired) electrons. The minimum atomic E-state index is -0.0392. The fraction of sp³-hybridized carbons (Fsp3) is 0.286. The molecule has 1 saturated heterocycles. The summed E-state index contributed by atoms with van der Waals surface area (Å²) in [4.78, 5) is 23.0. The molecule has 6 heteroatoms. The van der Waals surface area contributed by atoms with E-state index in [1.54, 1.807) is 13.1 Å². The third-order valence-electron chi connectivity index (χ3n) is 5.00. The van der Waals surface area contributed by atoms with E-state index in [9.17, 15) is 4.79 Å². The molecular weight excluding hydrogens is 360 g/mol. The van der Waals surface area contributed by atoms with E-state index in [2.05, 4.69) is 28.3 Å². The summed E-state index contributed by atoms with van der Waals surface area (Å²) < 4.78 is 0. The molecule has 138 valence electrons. The maximum Gasteiger partial charge on any atom is 0.220 e. The van der Waals surface area contributed by atoms with Gasteiger partial charge in [0.15, 0.2) is 0 Å². The Morgan fingerprint density at radius 2 is 2.04 bits per heavy atom. The minimum Gasteiger partial charge on any atom is -0.333 e. The lowest BCUT2D eigenvalue weighted by Crippen LogP contribution is -2.52. The molecule has 1 aliphatic heterocycles. The predicted octanol–water partition coefficient (Wildman–Crippen LogP) is 3.83. The Kier molecular flexibility index (Phi) is 4.81. The number of carbonyl (C=O) groups excluding carboxylic acids is 1. The highest BCUT2D eigenvalue weighted by Gasteiger charge is 2.29. The number of aromatic nitrogens is 2. The van der Waals surface area contributed by atoms with Crippen LogP contribution in [0.15, 0.2) is 48.8 Å². The summed E-state index contributed by atoms with van der Waals surface area (Å²) in [5.74, 6) is 0.0754. The summed E-state index contributed by atoms with van der Waals surface area (Å²) in [5.41, 5.74) is 4.65. The highest BCUT2D eigenvalue weighted by Crippen LogP contribution is 2.32. The Labute approximate surface area is 163 Å².